The average Bonchev–Trinajstić information content (AvgIpc) is 3.17. The van der Waals surface area contributed by atoms with Crippen LogP contribution in [0.1, 0.15) is 60.6 Å². The van der Waals surface area contributed by atoms with Gasteiger partial charge in [-0.1, -0.05) is 44.5 Å². The maximum Gasteiger partial charge on any atom is 0.251 e. The fourth-order valence-electron chi connectivity index (χ4n) is 3.70. The normalized spacial score (nSPS) is 12.0. The van der Waals surface area contributed by atoms with Crippen LogP contribution in [0, 0.1) is 6.92 Å². The molecule has 1 unspecified atom stereocenters. The van der Waals surface area contributed by atoms with E-state index in [4.69, 9.17) is 0 Å². The van der Waals surface area contributed by atoms with Crippen molar-refractivity contribution < 1.29 is 4.79 Å². The molecule has 2 aromatic carbocycles. The number of aryl methyl sites for hydroxylation is 1. The summed E-state index contributed by atoms with van der Waals surface area (Å²) in [4.78, 5) is 11.8. The first-order chi connectivity index (χ1) is 13.6. The van der Waals surface area contributed by atoms with Gasteiger partial charge >= 0.3 is 0 Å². The molecule has 1 N–H and O–H groups in total. The Hall–Kier alpha value is -2.88. The van der Waals surface area contributed by atoms with Gasteiger partial charge in [-0.2, -0.15) is 5.10 Å². The molecule has 0 fully saturated rings. The van der Waals surface area contributed by atoms with Crippen LogP contribution < -0.4 is 5.32 Å². The van der Waals surface area contributed by atoms with Crippen LogP contribution in [0.15, 0.2) is 54.7 Å². The highest BCUT2D eigenvalue weighted by Gasteiger charge is 2.16. The molecule has 1 heterocycles. The van der Waals surface area contributed by atoms with Gasteiger partial charge in [-0.05, 0) is 66.6 Å². The first kappa shape index (κ1) is 19.9. The van der Waals surface area contributed by atoms with Gasteiger partial charge in [0.15, 0.2) is 0 Å². The Morgan fingerprint density at radius 2 is 1.79 bits per heavy atom. The van der Waals surface area contributed by atoms with E-state index in [1.54, 1.807) is 7.05 Å². The molecule has 0 bridgehead atoms. The lowest BCUT2D eigenvalue weighted by Gasteiger charge is -2.20. The van der Waals surface area contributed by atoms with Crippen LogP contribution in [0.3, 0.4) is 0 Å². The first-order valence-corrected chi connectivity index (χ1v) is 10.1. The van der Waals surface area contributed by atoms with E-state index >= 15 is 0 Å². The minimum atomic E-state index is -0.0695. The Morgan fingerprint density at radius 1 is 1.07 bits per heavy atom. The largest absolute Gasteiger partial charge is 0.355 e. The standard InChI is InChI=1S/C24H29N3O/c1-5-7-18(6-2)22-13-12-21(16-23(22)27-15-14-17(3)26-27)19-8-10-20(11-9-19)24(28)25-4/h8-16,18H,5-7H2,1-4H3,(H,25,28). The Balaban J connectivity index is 2.05. The quantitative estimate of drug-likeness (QED) is 0.592. The number of hydrogen-bond acceptors (Lipinski definition) is 2. The van der Waals surface area contributed by atoms with Crippen molar-refractivity contribution in [1.29, 1.82) is 0 Å². The topological polar surface area (TPSA) is 46.9 Å². The summed E-state index contributed by atoms with van der Waals surface area (Å²) >= 11 is 0. The van der Waals surface area contributed by atoms with Crippen molar-refractivity contribution in [2.75, 3.05) is 7.05 Å². The van der Waals surface area contributed by atoms with Crippen molar-refractivity contribution >= 4 is 5.91 Å². The highest BCUT2D eigenvalue weighted by atomic mass is 16.1. The van der Waals surface area contributed by atoms with E-state index in [2.05, 4.69) is 42.5 Å². The third-order valence-corrected chi connectivity index (χ3v) is 5.28. The maximum atomic E-state index is 11.8. The number of nitrogens with one attached hydrogen (secondary N) is 1. The van der Waals surface area contributed by atoms with Crippen LogP contribution in [-0.2, 0) is 0 Å². The molecule has 0 radical (unpaired) electrons. The third kappa shape index (κ3) is 4.16. The Bertz CT molecular complexity index is 941. The molecule has 0 aliphatic carbocycles. The lowest BCUT2D eigenvalue weighted by molar-refractivity contribution is 0.0963. The lowest BCUT2D eigenvalue weighted by atomic mass is 9.89. The number of carbonyl (C=O) groups excluding carboxylic acids is 1. The number of nitrogens with zero attached hydrogens (tertiary/aromatic N) is 2. The van der Waals surface area contributed by atoms with Crippen molar-refractivity contribution in [2.24, 2.45) is 0 Å². The summed E-state index contributed by atoms with van der Waals surface area (Å²) in [6.45, 7) is 6.51. The zero-order valence-corrected chi connectivity index (χ0v) is 17.2. The van der Waals surface area contributed by atoms with Gasteiger partial charge in [0.05, 0.1) is 11.4 Å². The molecule has 28 heavy (non-hydrogen) atoms. The molecule has 1 atom stereocenters. The fraction of sp³-hybridized carbons (Fsp3) is 0.333. The predicted molar refractivity (Wildman–Crippen MR) is 115 cm³/mol. The number of rotatable bonds is 7. The summed E-state index contributed by atoms with van der Waals surface area (Å²) in [5, 5.41) is 7.33. The minimum Gasteiger partial charge on any atom is -0.355 e. The lowest BCUT2D eigenvalue weighted by Crippen LogP contribution is -2.17. The SMILES string of the molecule is CCCC(CC)c1ccc(-c2ccc(C(=O)NC)cc2)cc1-n1ccc(C)n1. The molecule has 3 rings (SSSR count). The molecule has 1 aromatic heterocycles. The first-order valence-electron chi connectivity index (χ1n) is 10.1. The monoisotopic (exact) mass is 375 g/mol. The number of carbonyl (C=O) groups is 1. The van der Waals surface area contributed by atoms with Gasteiger partial charge in [-0.3, -0.25) is 4.79 Å². The van der Waals surface area contributed by atoms with Crippen molar-refractivity contribution in [2.45, 2.75) is 46.0 Å². The minimum absolute atomic E-state index is 0.0695. The van der Waals surface area contributed by atoms with Crippen molar-refractivity contribution in [3.8, 4) is 16.8 Å². The second kappa shape index (κ2) is 8.87. The molecule has 0 aliphatic rings. The second-order valence-corrected chi connectivity index (χ2v) is 7.23. The third-order valence-electron chi connectivity index (χ3n) is 5.28. The molecular weight excluding hydrogens is 346 g/mol. The maximum absolute atomic E-state index is 11.8. The summed E-state index contributed by atoms with van der Waals surface area (Å²) < 4.78 is 1.99. The number of amides is 1. The molecule has 0 saturated carbocycles. The number of benzene rings is 2. The van der Waals surface area contributed by atoms with Gasteiger partial charge in [0, 0.05) is 18.8 Å². The summed E-state index contributed by atoms with van der Waals surface area (Å²) in [7, 11) is 1.65. The van der Waals surface area contributed by atoms with E-state index in [1.165, 1.54) is 18.4 Å². The van der Waals surface area contributed by atoms with Gasteiger partial charge in [-0.15, -0.1) is 0 Å². The zero-order valence-electron chi connectivity index (χ0n) is 17.2. The smallest absolute Gasteiger partial charge is 0.251 e. The highest BCUT2D eigenvalue weighted by molar-refractivity contribution is 5.94. The van der Waals surface area contributed by atoms with Crippen molar-refractivity contribution in [1.82, 2.24) is 15.1 Å². The van der Waals surface area contributed by atoms with Crippen LogP contribution in [0.25, 0.3) is 16.8 Å². The van der Waals surface area contributed by atoms with Gasteiger partial charge in [0.1, 0.15) is 0 Å². The highest BCUT2D eigenvalue weighted by Crippen LogP contribution is 2.33. The molecule has 0 saturated heterocycles. The van der Waals surface area contributed by atoms with Crippen LogP contribution in [0.4, 0.5) is 0 Å². The van der Waals surface area contributed by atoms with E-state index in [0.717, 1.165) is 28.9 Å². The average molecular weight is 376 g/mol. The summed E-state index contributed by atoms with van der Waals surface area (Å²) in [6, 6.07) is 16.4. The Morgan fingerprint density at radius 3 is 2.36 bits per heavy atom. The summed E-state index contributed by atoms with van der Waals surface area (Å²) in [5.41, 5.74) is 6.38. The van der Waals surface area contributed by atoms with Crippen LogP contribution >= 0.6 is 0 Å². The molecule has 1 amide bonds. The van der Waals surface area contributed by atoms with Crippen LogP contribution in [0.2, 0.25) is 0 Å². The van der Waals surface area contributed by atoms with Crippen LogP contribution in [0.5, 0.6) is 0 Å². The molecule has 0 spiro atoms. The summed E-state index contributed by atoms with van der Waals surface area (Å²) in [6.07, 6.45) is 5.48. The number of aromatic nitrogens is 2. The predicted octanol–water partition coefficient (Wildman–Crippen LogP) is 5.50. The molecule has 4 nitrogen and oxygen atoms in total. The molecule has 4 heteroatoms. The number of hydrogen-bond donors (Lipinski definition) is 1. The van der Waals surface area contributed by atoms with E-state index in [-0.39, 0.29) is 5.91 Å². The van der Waals surface area contributed by atoms with Gasteiger partial charge in [-0.25, -0.2) is 4.68 Å². The molecule has 0 aliphatic heterocycles. The molecular formula is C24H29N3O. The van der Waals surface area contributed by atoms with E-state index in [1.807, 2.05) is 48.1 Å². The molecule has 146 valence electrons. The Labute approximate surface area is 167 Å². The summed E-state index contributed by atoms with van der Waals surface area (Å²) in [5.74, 6) is 0.453. The molecule has 3 aromatic rings. The zero-order chi connectivity index (χ0) is 20.1. The van der Waals surface area contributed by atoms with E-state index < -0.39 is 0 Å². The van der Waals surface area contributed by atoms with Gasteiger partial charge in [0.2, 0.25) is 0 Å². The van der Waals surface area contributed by atoms with Crippen LogP contribution in [-0.4, -0.2) is 22.7 Å². The van der Waals surface area contributed by atoms with Gasteiger partial charge in [0.25, 0.3) is 5.91 Å². The fourth-order valence-corrected chi connectivity index (χ4v) is 3.70. The Kier molecular flexibility index (Phi) is 6.30. The van der Waals surface area contributed by atoms with E-state index in [9.17, 15) is 4.79 Å². The van der Waals surface area contributed by atoms with Crippen molar-refractivity contribution in [3.63, 3.8) is 0 Å². The van der Waals surface area contributed by atoms with Gasteiger partial charge < -0.3 is 5.32 Å². The van der Waals surface area contributed by atoms with E-state index in [0.29, 0.717) is 11.5 Å². The van der Waals surface area contributed by atoms with Crippen molar-refractivity contribution in [3.05, 3.63) is 71.5 Å². The second-order valence-electron chi connectivity index (χ2n) is 7.23.